The van der Waals surface area contributed by atoms with Gasteiger partial charge in [-0.2, -0.15) is 0 Å². The van der Waals surface area contributed by atoms with Crippen molar-refractivity contribution in [2.45, 2.75) is 63.6 Å². The Morgan fingerprint density at radius 1 is 0.800 bits per heavy atom. The third kappa shape index (κ3) is 8.96. The summed E-state index contributed by atoms with van der Waals surface area (Å²) in [6.07, 6.45) is 1.74. The number of halogens is 1. The number of nitrogens with zero attached hydrogens (tertiary/aromatic N) is 2. The Morgan fingerprint density at radius 2 is 1.42 bits per heavy atom. The number of carbonyl (C=O) groups excluding carboxylic acids is 2. The van der Waals surface area contributed by atoms with E-state index in [4.69, 9.17) is 11.6 Å². The van der Waals surface area contributed by atoms with Gasteiger partial charge in [0.05, 0.1) is 10.6 Å². The first kappa shape index (κ1) is 33.7. The summed E-state index contributed by atoms with van der Waals surface area (Å²) in [5.41, 5.74) is 2.98. The van der Waals surface area contributed by atoms with E-state index < -0.39 is 28.5 Å². The zero-order valence-corrected chi connectivity index (χ0v) is 27.5. The fourth-order valence-corrected chi connectivity index (χ4v) is 6.62. The van der Waals surface area contributed by atoms with Gasteiger partial charge < -0.3 is 10.2 Å². The molecule has 0 saturated heterocycles. The largest absolute Gasteiger partial charge is 0.352 e. The summed E-state index contributed by atoms with van der Waals surface area (Å²) in [6, 6.07) is 30.7. The molecule has 0 bridgehead atoms. The van der Waals surface area contributed by atoms with E-state index in [9.17, 15) is 18.0 Å². The van der Waals surface area contributed by atoms with Crippen LogP contribution in [0.4, 0.5) is 5.69 Å². The summed E-state index contributed by atoms with van der Waals surface area (Å²) >= 11 is 6.31. The van der Waals surface area contributed by atoms with Gasteiger partial charge in [0.25, 0.3) is 10.0 Å². The first-order valence-electron chi connectivity index (χ1n) is 15.2. The topological polar surface area (TPSA) is 86.8 Å². The molecule has 7 nitrogen and oxygen atoms in total. The van der Waals surface area contributed by atoms with E-state index in [1.165, 1.54) is 17.0 Å². The highest BCUT2D eigenvalue weighted by Crippen LogP contribution is 2.26. The van der Waals surface area contributed by atoms with Crippen LogP contribution in [0.3, 0.4) is 0 Å². The van der Waals surface area contributed by atoms with Crippen molar-refractivity contribution in [1.82, 2.24) is 10.2 Å². The number of benzene rings is 4. The monoisotopic (exact) mass is 645 g/mol. The maximum Gasteiger partial charge on any atom is 0.264 e. The summed E-state index contributed by atoms with van der Waals surface area (Å²) in [6.45, 7) is 5.45. The van der Waals surface area contributed by atoms with Crippen molar-refractivity contribution in [2.24, 2.45) is 0 Å². The number of hydrogen-bond acceptors (Lipinski definition) is 4. The quantitative estimate of drug-likeness (QED) is 0.166. The maximum absolute atomic E-state index is 14.5. The molecule has 0 fully saturated rings. The molecule has 1 N–H and O–H groups in total. The molecule has 4 aromatic rings. The van der Waals surface area contributed by atoms with E-state index >= 15 is 0 Å². The summed E-state index contributed by atoms with van der Waals surface area (Å²) in [7, 11) is -4.15. The first-order chi connectivity index (χ1) is 21.6. The molecule has 45 heavy (non-hydrogen) atoms. The number of aryl methyl sites for hydroxylation is 1. The SMILES string of the molecule is CCc1ccc(N(CC(=O)N(Cc2cccc(Cl)c2)C(Cc2ccccc2)C(=O)NC(C)CC)S(=O)(=O)c2ccccc2)cc1. The molecule has 2 unspecified atom stereocenters. The van der Waals surface area contributed by atoms with Crippen LogP contribution in [0.15, 0.2) is 114 Å². The van der Waals surface area contributed by atoms with Crippen molar-refractivity contribution in [2.75, 3.05) is 10.8 Å². The van der Waals surface area contributed by atoms with E-state index in [0.717, 1.165) is 27.4 Å². The van der Waals surface area contributed by atoms with Crippen molar-refractivity contribution in [3.8, 4) is 0 Å². The van der Waals surface area contributed by atoms with E-state index in [-0.39, 0.29) is 29.8 Å². The molecule has 2 amide bonds. The van der Waals surface area contributed by atoms with E-state index in [1.807, 2.05) is 69.3 Å². The van der Waals surface area contributed by atoms with Gasteiger partial charge in [0.2, 0.25) is 11.8 Å². The third-order valence-corrected chi connectivity index (χ3v) is 9.78. The highest BCUT2D eigenvalue weighted by Gasteiger charge is 2.35. The second-order valence-corrected chi connectivity index (χ2v) is 13.3. The molecule has 2 atom stereocenters. The molecule has 9 heteroatoms. The summed E-state index contributed by atoms with van der Waals surface area (Å²) in [5.74, 6) is -0.831. The van der Waals surface area contributed by atoms with Gasteiger partial charge in [-0.05, 0) is 72.9 Å². The van der Waals surface area contributed by atoms with E-state index in [0.29, 0.717) is 17.1 Å². The second-order valence-electron chi connectivity index (χ2n) is 11.0. The molecular formula is C36H40ClN3O4S. The Morgan fingerprint density at radius 3 is 2.02 bits per heavy atom. The van der Waals surface area contributed by atoms with Crippen LogP contribution in [-0.4, -0.2) is 43.8 Å². The van der Waals surface area contributed by atoms with Crippen LogP contribution in [0, 0.1) is 0 Å². The highest BCUT2D eigenvalue weighted by molar-refractivity contribution is 7.92. The number of hydrogen-bond donors (Lipinski definition) is 1. The van der Waals surface area contributed by atoms with Crippen LogP contribution < -0.4 is 9.62 Å². The van der Waals surface area contributed by atoms with Gasteiger partial charge in [0.1, 0.15) is 12.6 Å². The van der Waals surface area contributed by atoms with Gasteiger partial charge in [0.15, 0.2) is 0 Å². The molecule has 4 aromatic carbocycles. The van der Waals surface area contributed by atoms with Gasteiger partial charge >= 0.3 is 0 Å². The number of amides is 2. The summed E-state index contributed by atoms with van der Waals surface area (Å²) in [4.78, 5) is 30.0. The lowest BCUT2D eigenvalue weighted by Crippen LogP contribution is -2.54. The molecule has 0 spiro atoms. The molecule has 0 radical (unpaired) electrons. The van der Waals surface area contributed by atoms with Gasteiger partial charge in [-0.3, -0.25) is 13.9 Å². The molecule has 0 aromatic heterocycles. The predicted octanol–water partition coefficient (Wildman–Crippen LogP) is 6.65. The van der Waals surface area contributed by atoms with Crippen molar-refractivity contribution >= 4 is 39.1 Å². The minimum absolute atomic E-state index is 0.0544. The van der Waals surface area contributed by atoms with Gasteiger partial charge in [-0.25, -0.2) is 8.42 Å². The zero-order valence-electron chi connectivity index (χ0n) is 25.9. The number of sulfonamides is 1. The lowest BCUT2D eigenvalue weighted by molar-refractivity contribution is -0.140. The number of carbonyl (C=O) groups is 2. The van der Waals surface area contributed by atoms with E-state index in [2.05, 4.69) is 5.32 Å². The Hall–Kier alpha value is -4.14. The number of nitrogens with one attached hydrogen (secondary N) is 1. The summed E-state index contributed by atoms with van der Waals surface area (Å²) < 4.78 is 29.3. The van der Waals surface area contributed by atoms with Crippen LogP contribution in [0.25, 0.3) is 0 Å². The number of rotatable bonds is 14. The molecule has 0 heterocycles. The van der Waals surface area contributed by atoms with Gasteiger partial charge in [-0.1, -0.05) is 98.2 Å². The second kappa shape index (κ2) is 15.7. The lowest BCUT2D eigenvalue weighted by atomic mass is 10.0. The number of anilines is 1. The standard InChI is InChI=1S/C36H40ClN3O4S/c1-4-27(3)38-36(42)34(24-29-13-8-6-9-14-29)39(25-30-15-12-16-31(37)23-30)35(41)26-40(32-21-19-28(5-2)20-22-32)45(43,44)33-17-10-7-11-18-33/h6-23,27,34H,4-5,24-26H2,1-3H3,(H,38,42). The zero-order chi connectivity index (χ0) is 32.4. The Bertz CT molecular complexity index is 1670. The molecular weight excluding hydrogens is 606 g/mol. The van der Waals surface area contributed by atoms with Gasteiger partial charge in [0, 0.05) is 24.0 Å². The van der Waals surface area contributed by atoms with E-state index in [1.54, 1.807) is 48.5 Å². The van der Waals surface area contributed by atoms with Crippen molar-refractivity contribution < 1.29 is 18.0 Å². The first-order valence-corrected chi connectivity index (χ1v) is 17.0. The molecule has 0 aliphatic heterocycles. The van der Waals surface area contributed by atoms with Crippen LogP contribution in [-0.2, 0) is 39.0 Å². The predicted molar refractivity (Wildman–Crippen MR) is 181 cm³/mol. The van der Waals surface area contributed by atoms with Crippen molar-refractivity contribution in [1.29, 1.82) is 0 Å². The molecule has 236 valence electrons. The van der Waals surface area contributed by atoms with Crippen LogP contribution in [0.5, 0.6) is 0 Å². The van der Waals surface area contributed by atoms with Crippen molar-refractivity contribution in [3.63, 3.8) is 0 Å². The van der Waals surface area contributed by atoms with Crippen LogP contribution >= 0.6 is 11.6 Å². The Kier molecular flexibility index (Phi) is 11.8. The summed E-state index contributed by atoms with van der Waals surface area (Å²) in [5, 5.41) is 3.54. The van der Waals surface area contributed by atoms with Crippen LogP contribution in [0.1, 0.15) is 43.9 Å². The minimum Gasteiger partial charge on any atom is -0.352 e. The minimum atomic E-state index is -4.15. The average Bonchev–Trinajstić information content (AvgIpc) is 3.06. The smallest absolute Gasteiger partial charge is 0.264 e. The average molecular weight is 646 g/mol. The molecule has 0 saturated carbocycles. The Balaban J connectivity index is 1.80. The third-order valence-electron chi connectivity index (χ3n) is 7.76. The molecule has 0 aliphatic carbocycles. The fourth-order valence-electron chi connectivity index (χ4n) is 4.97. The molecule has 4 rings (SSSR count). The lowest BCUT2D eigenvalue weighted by Gasteiger charge is -2.34. The maximum atomic E-state index is 14.5. The fraction of sp³-hybridized carbons (Fsp3) is 0.278. The van der Waals surface area contributed by atoms with Crippen LogP contribution in [0.2, 0.25) is 5.02 Å². The highest BCUT2D eigenvalue weighted by atomic mass is 35.5. The van der Waals surface area contributed by atoms with Gasteiger partial charge in [-0.15, -0.1) is 0 Å². The molecule has 0 aliphatic rings. The van der Waals surface area contributed by atoms with Crippen molar-refractivity contribution in [3.05, 3.63) is 131 Å². The Labute approximate surface area is 271 Å². The normalized spacial score (nSPS) is 12.6.